The van der Waals surface area contributed by atoms with Crippen LogP contribution in [0.25, 0.3) is 0 Å². The molecule has 0 heterocycles. The van der Waals surface area contributed by atoms with Gasteiger partial charge in [0.15, 0.2) is 5.78 Å². The number of carbonyl (C=O) groups excluding carboxylic acids is 1. The minimum Gasteiger partial charge on any atom is -0.324 e. The molecule has 1 rings (SSSR count). The summed E-state index contributed by atoms with van der Waals surface area (Å²) in [6.45, 7) is 3.83. The molecule has 70 valence electrons. The quantitative estimate of drug-likeness (QED) is 0.738. The van der Waals surface area contributed by atoms with Crippen LogP contribution in [0.15, 0.2) is 12.1 Å². The van der Waals surface area contributed by atoms with Gasteiger partial charge in [-0.25, -0.2) is 0 Å². The van der Waals surface area contributed by atoms with Crippen LogP contribution in [0.5, 0.6) is 0 Å². The van der Waals surface area contributed by atoms with E-state index in [0.717, 1.165) is 11.1 Å². The Morgan fingerprint density at radius 3 is 2.62 bits per heavy atom. The summed E-state index contributed by atoms with van der Waals surface area (Å²) < 4.78 is 0. The van der Waals surface area contributed by atoms with Gasteiger partial charge in [0.05, 0.1) is 11.6 Å². The fourth-order valence-corrected chi connectivity index (χ4v) is 1.54. The van der Waals surface area contributed by atoms with Gasteiger partial charge in [-0.05, 0) is 31.0 Å². The standard InChI is InChI=1S/C10H12ClNO/c1-6-3-4-8(11)10(7(6)2)9(13)5-12/h3-4H,5,12H2,1-2H3. The van der Waals surface area contributed by atoms with E-state index in [0.29, 0.717) is 10.6 Å². The summed E-state index contributed by atoms with van der Waals surface area (Å²) in [6, 6.07) is 3.62. The lowest BCUT2D eigenvalue weighted by molar-refractivity contribution is 0.100. The number of ketones is 1. The van der Waals surface area contributed by atoms with E-state index < -0.39 is 0 Å². The van der Waals surface area contributed by atoms with Crippen molar-refractivity contribution in [2.45, 2.75) is 13.8 Å². The number of hydrogen-bond donors (Lipinski definition) is 1. The summed E-state index contributed by atoms with van der Waals surface area (Å²) in [5, 5.41) is 0.485. The Kier molecular flexibility index (Phi) is 3.07. The van der Waals surface area contributed by atoms with Gasteiger partial charge in [0.25, 0.3) is 0 Å². The van der Waals surface area contributed by atoms with Crippen LogP contribution in [-0.2, 0) is 0 Å². The molecule has 0 unspecified atom stereocenters. The normalized spacial score (nSPS) is 10.2. The molecule has 0 aromatic heterocycles. The Labute approximate surface area is 82.7 Å². The van der Waals surface area contributed by atoms with Crippen molar-refractivity contribution in [3.63, 3.8) is 0 Å². The first-order chi connectivity index (χ1) is 6.07. The topological polar surface area (TPSA) is 43.1 Å². The number of hydrogen-bond acceptors (Lipinski definition) is 2. The van der Waals surface area contributed by atoms with Gasteiger partial charge in [0, 0.05) is 5.56 Å². The van der Waals surface area contributed by atoms with Crippen molar-refractivity contribution in [1.29, 1.82) is 0 Å². The molecule has 0 aliphatic heterocycles. The Hall–Kier alpha value is -0.860. The molecule has 0 fully saturated rings. The summed E-state index contributed by atoms with van der Waals surface area (Å²) in [7, 11) is 0. The summed E-state index contributed by atoms with van der Waals surface area (Å²) in [4.78, 5) is 11.4. The monoisotopic (exact) mass is 197 g/mol. The summed E-state index contributed by atoms with van der Waals surface area (Å²) >= 11 is 5.90. The van der Waals surface area contributed by atoms with Crippen molar-refractivity contribution >= 4 is 17.4 Å². The van der Waals surface area contributed by atoms with E-state index in [1.54, 1.807) is 6.07 Å². The molecule has 13 heavy (non-hydrogen) atoms. The van der Waals surface area contributed by atoms with Gasteiger partial charge in [-0.15, -0.1) is 0 Å². The second kappa shape index (κ2) is 3.90. The molecule has 1 aromatic carbocycles. The van der Waals surface area contributed by atoms with Crippen LogP contribution in [0.4, 0.5) is 0 Å². The highest BCUT2D eigenvalue weighted by atomic mass is 35.5. The minimum absolute atomic E-state index is 0.00398. The summed E-state index contributed by atoms with van der Waals surface area (Å²) in [5.41, 5.74) is 7.82. The molecule has 0 amide bonds. The van der Waals surface area contributed by atoms with Crippen molar-refractivity contribution < 1.29 is 4.79 Å². The molecule has 0 radical (unpaired) electrons. The summed E-state index contributed by atoms with van der Waals surface area (Å²) in [6.07, 6.45) is 0. The van der Waals surface area contributed by atoms with Crippen molar-refractivity contribution in [2.24, 2.45) is 5.73 Å². The fourth-order valence-electron chi connectivity index (χ4n) is 1.23. The molecule has 0 saturated carbocycles. The highest BCUT2D eigenvalue weighted by Gasteiger charge is 2.12. The van der Waals surface area contributed by atoms with Crippen LogP contribution in [0, 0.1) is 13.8 Å². The number of rotatable bonds is 2. The zero-order valence-electron chi connectivity index (χ0n) is 7.73. The first-order valence-electron chi connectivity index (χ1n) is 4.07. The highest BCUT2D eigenvalue weighted by Crippen LogP contribution is 2.22. The lowest BCUT2D eigenvalue weighted by atomic mass is 10.0. The molecule has 0 aliphatic rings. The zero-order chi connectivity index (χ0) is 10.0. The van der Waals surface area contributed by atoms with Crippen molar-refractivity contribution in [2.75, 3.05) is 6.54 Å². The first kappa shape index (κ1) is 10.2. The number of carbonyl (C=O) groups is 1. The molecular formula is C10H12ClNO. The number of halogens is 1. The van der Waals surface area contributed by atoms with Crippen LogP contribution < -0.4 is 5.73 Å². The third-order valence-electron chi connectivity index (χ3n) is 2.15. The largest absolute Gasteiger partial charge is 0.324 e. The van der Waals surface area contributed by atoms with Gasteiger partial charge in [-0.3, -0.25) is 4.79 Å². The average molecular weight is 198 g/mol. The maximum absolute atomic E-state index is 11.4. The average Bonchev–Trinajstić information content (AvgIpc) is 2.12. The van der Waals surface area contributed by atoms with E-state index in [-0.39, 0.29) is 12.3 Å². The Balaban J connectivity index is 3.33. The van der Waals surface area contributed by atoms with Gasteiger partial charge < -0.3 is 5.73 Å². The number of aryl methyl sites for hydroxylation is 1. The maximum Gasteiger partial charge on any atom is 0.178 e. The van der Waals surface area contributed by atoms with Gasteiger partial charge >= 0.3 is 0 Å². The minimum atomic E-state index is -0.105. The molecule has 0 atom stereocenters. The second-order valence-electron chi connectivity index (χ2n) is 2.99. The van der Waals surface area contributed by atoms with Crippen LogP contribution in [0.3, 0.4) is 0 Å². The van der Waals surface area contributed by atoms with E-state index in [1.165, 1.54) is 0 Å². The van der Waals surface area contributed by atoms with Crippen molar-refractivity contribution in [3.8, 4) is 0 Å². The van der Waals surface area contributed by atoms with Gasteiger partial charge in [0.2, 0.25) is 0 Å². The Bertz CT molecular complexity index is 347. The van der Waals surface area contributed by atoms with E-state index in [4.69, 9.17) is 17.3 Å². The summed E-state index contributed by atoms with van der Waals surface area (Å²) in [5.74, 6) is -0.105. The molecule has 2 N–H and O–H groups in total. The SMILES string of the molecule is Cc1ccc(Cl)c(C(=O)CN)c1C. The van der Waals surface area contributed by atoms with Gasteiger partial charge in [0.1, 0.15) is 0 Å². The Morgan fingerprint density at radius 1 is 1.46 bits per heavy atom. The van der Waals surface area contributed by atoms with Crippen molar-refractivity contribution in [1.82, 2.24) is 0 Å². The molecule has 2 nitrogen and oxygen atoms in total. The molecule has 0 spiro atoms. The maximum atomic E-state index is 11.4. The zero-order valence-corrected chi connectivity index (χ0v) is 8.48. The van der Waals surface area contributed by atoms with Gasteiger partial charge in [-0.2, -0.15) is 0 Å². The third kappa shape index (κ3) is 1.90. The molecule has 1 aromatic rings. The molecule has 0 aliphatic carbocycles. The lowest BCUT2D eigenvalue weighted by Crippen LogP contribution is -2.15. The number of Topliss-reactive ketones (excluding diaryl/α,β-unsaturated/α-hetero) is 1. The Morgan fingerprint density at radius 2 is 2.08 bits per heavy atom. The number of benzene rings is 1. The third-order valence-corrected chi connectivity index (χ3v) is 2.46. The van der Waals surface area contributed by atoms with Crippen molar-refractivity contribution in [3.05, 3.63) is 33.8 Å². The van der Waals surface area contributed by atoms with E-state index in [2.05, 4.69) is 0 Å². The highest BCUT2D eigenvalue weighted by molar-refractivity contribution is 6.34. The van der Waals surface area contributed by atoms with Gasteiger partial charge in [-0.1, -0.05) is 17.7 Å². The smallest absolute Gasteiger partial charge is 0.178 e. The van der Waals surface area contributed by atoms with Crippen LogP contribution in [-0.4, -0.2) is 12.3 Å². The van der Waals surface area contributed by atoms with E-state index >= 15 is 0 Å². The fraction of sp³-hybridized carbons (Fsp3) is 0.300. The van der Waals surface area contributed by atoms with Crippen LogP contribution >= 0.6 is 11.6 Å². The van der Waals surface area contributed by atoms with Crippen LogP contribution in [0.1, 0.15) is 21.5 Å². The molecule has 3 heteroatoms. The lowest BCUT2D eigenvalue weighted by Gasteiger charge is -2.08. The predicted molar refractivity (Wildman–Crippen MR) is 54.3 cm³/mol. The van der Waals surface area contributed by atoms with E-state index in [1.807, 2.05) is 19.9 Å². The molecule has 0 saturated heterocycles. The molecule has 0 bridgehead atoms. The predicted octanol–water partition coefficient (Wildman–Crippen LogP) is 2.10. The van der Waals surface area contributed by atoms with Crippen LogP contribution in [0.2, 0.25) is 5.02 Å². The number of nitrogens with two attached hydrogens (primary N) is 1. The van der Waals surface area contributed by atoms with E-state index in [9.17, 15) is 4.79 Å². The molecular weight excluding hydrogens is 186 g/mol. The second-order valence-corrected chi connectivity index (χ2v) is 3.40. The first-order valence-corrected chi connectivity index (χ1v) is 4.44.